The highest BCUT2D eigenvalue weighted by Crippen LogP contribution is 2.29. The molecule has 0 amide bonds. The summed E-state index contributed by atoms with van der Waals surface area (Å²) in [6.45, 7) is 1.57. The van der Waals surface area contributed by atoms with Crippen LogP contribution in [0.1, 0.15) is 18.4 Å². The van der Waals surface area contributed by atoms with Gasteiger partial charge in [-0.25, -0.2) is 0 Å². The van der Waals surface area contributed by atoms with Crippen LogP contribution in [0, 0.1) is 0 Å². The second kappa shape index (κ2) is 5.04. The number of rotatable bonds is 2. The number of piperidine rings is 1. The first kappa shape index (κ1) is 11.7. The van der Waals surface area contributed by atoms with E-state index in [-0.39, 0.29) is 12.7 Å². The average molecular weight is 242 g/mol. The zero-order valence-corrected chi connectivity index (χ0v) is 9.82. The summed E-state index contributed by atoms with van der Waals surface area (Å²) in [7, 11) is 0. The summed E-state index contributed by atoms with van der Waals surface area (Å²) >= 11 is 6.15. The molecule has 2 N–H and O–H groups in total. The summed E-state index contributed by atoms with van der Waals surface area (Å²) in [4.78, 5) is 2.09. The molecule has 1 atom stereocenters. The van der Waals surface area contributed by atoms with Gasteiger partial charge in [0.25, 0.3) is 0 Å². The maximum atomic E-state index is 9.61. The summed E-state index contributed by atoms with van der Waals surface area (Å²) in [5.74, 6) is 0. The van der Waals surface area contributed by atoms with Gasteiger partial charge in [0, 0.05) is 13.1 Å². The molecule has 3 nitrogen and oxygen atoms in total. The lowest BCUT2D eigenvalue weighted by atomic mass is 10.1. The Morgan fingerprint density at radius 3 is 2.88 bits per heavy atom. The number of nitrogens with zero attached hydrogens (tertiary/aromatic N) is 1. The van der Waals surface area contributed by atoms with Crippen LogP contribution in [0.5, 0.6) is 0 Å². The number of aliphatic hydroxyl groups excluding tert-OH is 2. The van der Waals surface area contributed by atoms with Gasteiger partial charge in [0.15, 0.2) is 0 Å². The molecule has 0 aliphatic carbocycles. The Hall–Kier alpha value is -0.770. The maximum absolute atomic E-state index is 9.61. The minimum atomic E-state index is -0.262. The first-order valence-electron chi connectivity index (χ1n) is 5.53. The van der Waals surface area contributed by atoms with Gasteiger partial charge < -0.3 is 15.1 Å². The topological polar surface area (TPSA) is 43.7 Å². The Morgan fingerprint density at radius 1 is 1.44 bits per heavy atom. The monoisotopic (exact) mass is 241 g/mol. The number of halogens is 1. The van der Waals surface area contributed by atoms with Gasteiger partial charge in [0.05, 0.1) is 23.4 Å². The first-order valence-corrected chi connectivity index (χ1v) is 5.91. The molecule has 1 unspecified atom stereocenters. The Bertz CT molecular complexity index is 370. The molecular weight excluding hydrogens is 226 g/mol. The van der Waals surface area contributed by atoms with Gasteiger partial charge >= 0.3 is 0 Å². The molecule has 1 aromatic rings. The summed E-state index contributed by atoms with van der Waals surface area (Å²) in [5.41, 5.74) is 1.75. The van der Waals surface area contributed by atoms with E-state index in [9.17, 15) is 5.11 Å². The Kier molecular flexibility index (Phi) is 3.69. The van der Waals surface area contributed by atoms with Gasteiger partial charge in [-0.3, -0.25) is 0 Å². The van der Waals surface area contributed by atoms with Crippen molar-refractivity contribution < 1.29 is 10.2 Å². The van der Waals surface area contributed by atoms with Gasteiger partial charge in [-0.1, -0.05) is 17.7 Å². The molecule has 88 valence electrons. The number of hydrogen-bond acceptors (Lipinski definition) is 3. The number of aliphatic hydroxyl groups is 2. The van der Waals surface area contributed by atoms with Crippen molar-refractivity contribution in [1.29, 1.82) is 0 Å². The minimum absolute atomic E-state index is 0.00260. The van der Waals surface area contributed by atoms with Crippen LogP contribution in [0.4, 0.5) is 5.69 Å². The van der Waals surface area contributed by atoms with Crippen molar-refractivity contribution in [2.45, 2.75) is 25.6 Å². The van der Waals surface area contributed by atoms with Crippen LogP contribution in [0.2, 0.25) is 5.02 Å². The molecule has 0 spiro atoms. The normalized spacial score (nSPS) is 21.2. The largest absolute Gasteiger partial charge is 0.392 e. The van der Waals surface area contributed by atoms with Crippen LogP contribution in [-0.2, 0) is 6.61 Å². The molecule has 16 heavy (non-hydrogen) atoms. The number of anilines is 1. The van der Waals surface area contributed by atoms with Gasteiger partial charge in [0.1, 0.15) is 0 Å². The second-order valence-corrected chi connectivity index (χ2v) is 4.59. The predicted octanol–water partition coefficient (Wildman–Crippen LogP) is 1.79. The van der Waals surface area contributed by atoms with E-state index in [0.717, 1.165) is 30.6 Å². The highest BCUT2D eigenvalue weighted by atomic mass is 35.5. The Morgan fingerprint density at radius 2 is 2.25 bits per heavy atom. The quantitative estimate of drug-likeness (QED) is 0.830. The molecule has 0 radical (unpaired) electrons. The van der Waals surface area contributed by atoms with Crippen LogP contribution >= 0.6 is 11.6 Å². The smallest absolute Gasteiger partial charge is 0.0715 e. The molecule has 0 bridgehead atoms. The summed E-state index contributed by atoms with van der Waals surface area (Å²) < 4.78 is 0. The van der Waals surface area contributed by atoms with E-state index in [4.69, 9.17) is 16.7 Å². The van der Waals surface area contributed by atoms with E-state index in [1.54, 1.807) is 6.07 Å². The zero-order valence-electron chi connectivity index (χ0n) is 9.06. The van der Waals surface area contributed by atoms with Crippen LogP contribution in [0.3, 0.4) is 0 Å². The fourth-order valence-corrected chi connectivity index (χ4v) is 2.40. The highest BCUT2D eigenvalue weighted by molar-refractivity contribution is 6.33. The van der Waals surface area contributed by atoms with E-state index in [1.807, 2.05) is 12.1 Å². The van der Waals surface area contributed by atoms with Crippen LogP contribution < -0.4 is 4.90 Å². The third-order valence-electron chi connectivity index (χ3n) is 2.93. The van der Waals surface area contributed by atoms with Crippen LogP contribution in [-0.4, -0.2) is 29.4 Å². The van der Waals surface area contributed by atoms with E-state index in [0.29, 0.717) is 11.6 Å². The molecule has 1 aromatic carbocycles. The highest BCUT2D eigenvalue weighted by Gasteiger charge is 2.19. The van der Waals surface area contributed by atoms with Crippen molar-refractivity contribution in [2.24, 2.45) is 0 Å². The lowest BCUT2D eigenvalue weighted by Gasteiger charge is -2.32. The van der Waals surface area contributed by atoms with Gasteiger partial charge in [0.2, 0.25) is 0 Å². The number of benzene rings is 1. The second-order valence-electron chi connectivity index (χ2n) is 4.19. The lowest BCUT2D eigenvalue weighted by Crippen LogP contribution is -2.38. The molecule has 0 aromatic heterocycles. The molecule has 1 heterocycles. The summed E-state index contributed by atoms with van der Waals surface area (Å²) in [6.07, 6.45) is 1.59. The maximum Gasteiger partial charge on any atom is 0.0715 e. The molecular formula is C12H16ClNO2. The molecule has 1 saturated heterocycles. The first-order chi connectivity index (χ1) is 7.70. The summed E-state index contributed by atoms with van der Waals surface area (Å²) in [6, 6.07) is 5.55. The van der Waals surface area contributed by atoms with Crippen molar-refractivity contribution >= 4 is 17.3 Å². The van der Waals surface area contributed by atoms with E-state index in [1.165, 1.54) is 0 Å². The third kappa shape index (κ3) is 2.48. The van der Waals surface area contributed by atoms with Crippen LogP contribution in [0.15, 0.2) is 18.2 Å². The minimum Gasteiger partial charge on any atom is -0.392 e. The Labute approximate surface area is 100 Å². The fraction of sp³-hybridized carbons (Fsp3) is 0.500. The van der Waals surface area contributed by atoms with Crippen molar-refractivity contribution in [3.8, 4) is 0 Å². The zero-order chi connectivity index (χ0) is 11.5. The number of hydrogen-bond donors (Lipinski definition) is 2. The fourth-order valence-electron chi connectivity index (χ4n) is 2.08. The molecule has 2 rings (SSSR count). The van der Waals surface area contributed by atoms with Crippen molar-refractivity contribution in [3.05, 3.63) is 28.8 Å². The lowest BCUT2D eigenvalue weighted by molar-refractivity contribution is 0.154. The Balaban J connectivity index is 2.19. The molecule has 1 aliphatic heterocycles. The summed E-state index contributed by atoms with van der Waals surface area (Å²) in [5, 5.41) is 19.2. The van der Waals surface area contributed by atoms with E-state index >= 15 is 0 Å². The number of β-amino-alcohol motifs (C(OH)–C–C–N with tert-alkyl or cyclic N) is 1. The molecule has 1 fully saturated rings. The van der Waals surface area contributed by atoms with E-state index in [2.05, 4.69) is 4.90 Å². The molecule has 0 saturated carbocycles. The van der Waals surface area contributed by atoms with Gasteiger partial charge in [-0.05, 0) is 30.5 Å². The van der Waals surface area contributed by atoms with Crippen LogP contribution in [0.25, 0.3) is 0 Å². The van der Waals surface area contributed by atoms with E-state index < -0.39 is 0 Å². The predicted molar refractivity (Wildman–Crippen MR) is 64.8 cm³/mol. The molecule has 1 aliphatic rings. The van der Waals surface area contributed by atoms with Gasteiger partial charge in [-0.2, -0.15) is 0 Å². The third-order valence-corrected chi connectivity index (χ3v) is 3.23. The van der Waals surface area contributed by atoms with Crippen molar-refractivity contribution in [1.82, 2.24) is 0 Å². The standard InChI is InChI=1S/C12H16ClNO2/c13-11-6-9(8-15)3-4-12(11)14-5-1-2-10(16)7-14/h3-4,6,10,15-16H,1-2,5,7-8H2. The molecule has 4 heteroatoms. The average Bonchev–Trinajstić information content (AvgIpc) is 2.28. The van der Waals surface area contributed by atoms with Crippen molar-refractivity contribution in [2.75, 3.05) is 18.0 Å². The van der Waals surface area contributed by atoms with Gasteiger partial charge in [-0.15, -0.1) is 0 Å². The SMILES string of the molecule is OCc1ccc(N2CCCC(O)C2)c(Cl)c1. The van der Waals surface area contributed by atoms with Crippen molar-refractivity contribution in [3.63, 3.8) is 0 Å².